The van der Waals surface area contributed by atoms with Crippen LogP contribution in [0.1, 0.15) is 0 Å². The Labute approximate surface area is 105 Å². The van der Waals surface area contributed by atoms with Crippen molar-refractivity contribution in [2.45, 2.75) is 36.0 Å². The highest BCUT2D eigenvalue weighted by atomic mass is 19.4. The summed E-state index contributed by atoms with van der Waals surface area (Å²) in [6, 6.07) is 0. The molecule has 0 N–H and O–H groups in total. The fourth-order valence-corrected chi connectivity index (χ4v) is 0.750. The maximum absolute atomic E-state index is 12.3. The normalized spacial score (nSPS) is 15.7. The molecule has 1 nitrogen and oxygen atoms in total. The molecule has 0 bridgehead atoms. The number of halogens is 14. The van der Waals surface area contributed by atoms with E-state index in [1.807, 2.05) is 0 Å². The van der Waals surface area contributed by atoms with Gasteiger partial charge in [0.05, 0.1) is 0 Å². The van der Waals surface area contributed by atoms with Crippen molar-refractivity contribution >= 4 is 0 Å². The third-order valence-electron chi connectivity index (χ3n) is 1.90. The molecule has 0 aromatic carbocycles. The first-order valence-corrected chi connectivity index (χ1v) is 3.90. The van der Waals surface area contributed by atoms with Gasteiger partial charge in [-0.3, -0.25) is 0 Å². The quantitative estimate of drug-likeness (QED) is 0.683. The van der Waals surface area contributed by atoms with Crippen LogP contribution in [0.4, 0.5) is 61.5 Å². The molecule has 0 aromatic heterocycles. The summed E-state index contributed by atoms with van der Waals surface area (Å²) in [5, 5.41) is 0. The summed E-state index contributed by atoms with van der Waals surface area (Å²) in [4.78, 5) is 0. The van der Waals surface area contributed by atoms with E-state index in [1.54, 1.807) is 0 Å². The molecule has 21 heavy (non-hydrogen) atoms. The first-order chi connectivity index (χ1) is 8.25. The van der Waals surface area contributed by atoms with Crippen LogP contribution in [-0.2, 0) is 0 Å². The van der Waals surface area contributed by atoms with Crippen LogP contribution in [0.15, 0.2) is 0 Å². The molecule has 0 fully saturated rings. The SMILES string of the molecule is FC(F)(F)C(F)(F)C(F)(F)C(F)(F)C(F)(F)C(F)(F)F.[N]. The Kier molecular flexibility index (Phi) is 5.32. The predicted molar refractivity (Wildman–Crippen MR) is 34.0 cm³/mol. The van der Waals surface area contributed by atoms with Gasteiger partial charge >= 0.3 is 36.0 Å². The predicted octanol–water partition coefficient (Wildman–Crippen LogP) is 4.17. The minimum absolute atomic E-state index is 0. The van der Waals surface area contributed by atoms with Crippen LogP contribution in [0.25, 0.3) is 0 Å². The zero-order chi connectivity index (χ0) is 17.0. The smallest absolute Gasteiger partial charge is 0.192 e. The zero-order valence-corrected chi connectivity index (χ0v) is 8.74. The lowest BCUT2D eigenvalue weighted by molar-refractivity contribution is -0.451. The molecule has 0 saturated heterocycles. The molecule has 0 atom stereocenters. The number of hydrogen-bond donors (Lipinski definition) is 0. The van der Waals surface area contributed by atoms with E-state index >= 15 is 0 Å². The Morgan fingerprint density at radius 1 is 0.286 bits per heavy atom. The maximum Gasteiger partial charge on any atom is 0.460 e. The molecule has 0 saturated carbocycles. The van der Waals surface area contributed by atoms with E-state index < -0.39 is 36.0 Å². The van der Waals surface area contributed by atoms with Crippen LogP contribution in [0.2, 0.25) is 0 Å². The van der Waals surface area contributed by atoms with Crippen molar-refractivity contribution in [3.63, 3.8) is 0 Å². The monoisotopic (exact) mass is 352 g/mol. The van der Waals surface area contributed by atoms with Gasteiger partial charge in [-0.15, -0.1) is 0 Å². The minimum atomic E-state index is -8.04. The second-order valence-corrected chi connectivity index (χ2v) is 3.29. The van der Waals surface area contributed by atoms with Crippen LogP contribution in [0.5, 0.6) is 0 Å². The second kappa shape index (κ2) is 5.01. The number of alkyl halides is 14. The van der Waals surface area contributed by atoms with Gasteiger partial charge in [-0.1, -0.05) is 0 Å². The van der Waals surface area contributed by atoms with Crippen molar-refractivity contribution in [1.29, 1.82) is 0 Å². The van der Waals surface area contributed by atoms with Gasteiger partial charge in [0.2, 0.25) is 0 Å². The van der Waals surface area contributed by atoms with E-state index in [0.717, 1.165) is 0 Å². The van der Waals surface area contributed by atoms with Crippen molar-refractivity contribution in [3.05, 3.63) is 0 Å². The van der Waals surface area contributed by atoms with Gasteiger partial charge in [0, 0.05) is 6.15 Å². The molecule has 0 heterocycles. The topological polar surface area (TPSA) is 30.5 Å². The van der Waals surface area contributed by atoms with E-state index in [9.17, 15) is 61.5 Å². The van der Waals surface area contributed by atoms with Gasteiger partial charge in [-0.05, 0) is 0 Å². The molecular weight excluding hydrogens is 352 g/mol. The van der Waals surface area contributed by atoms with Gasteiger partial charge in [0.25, 0.3) is 0 Å². The molecule has 0 aliphatic carbocycles. The zero-order valence-electron chi connectivity index (χ0n) is 8.74. The fraction of sp³-hybridized carbons (Fsp3) is 1.00. The van der Waals surface area contributed by atoms with Crippen LogP contribution >= 0.6 is 0 Å². The first kappa shape index (κ1) is 22.3. The summed E-state index contributed by atoms with van der Waals surface area (Å²) in [7, 11) is 0. The van der Waals surface area contributed by atoms with Crippen LogP contribution in [0, 0.1) is 0 Å². The Balaban J connectivity index is 0. The Bertz CT molecular complexity index is 325. The lowest BCUT2D eigenvalue weighted by Crippen LogP contribution is -2.69. The van der Waals surface area contributed by atoms with Gasteiger partial charge in [0.1, 0.15) is 0 Å². The minimum Gasteiger partial charge on any atom is -0.192 e. The average Bonchev–Trinajstić information content (AvgIpc) is 2.12. The number of nitrogens with zero attached hydrogens (tertiary/aromatic N) is 1. The molecule has 127 valence electrons. The van der Waals surface area contributed by atoms with E-state index in [2.05, 4.69) is 0 Å². The van der Waals surface area contributed by atoms with E-state index in [0.29, 0.717) is 0 Å². The van der Waals surface area contributed by atoms with E-state index in [-0.39, 0.29) is 6.15 Å². The third-order valence-corrected chi connectivity index (χ3v) is 1.90. The molecule has 0 spiro atoms. The third kappa shape index (κ3) is 2.83. The van der Waals surface area contributed by atoms with Gasteiger partial charge in [-0.2, -0.15) is 61.5 Å². The Hall–Kier alpha value is -1.02. The Morgan fingerprint density at radius 3 is 0.524 bits per heavy atom. The highest BCUT2D eigenvalue weighted by Gasteiger charge is 2.91. The summed E-state index contributed by atoms with van der Waals surface area (Å²) >= 11 is 0. The first-order valence-electron chi connectivity index (χ1n) is 3.90. The van der Waals surface area contributed by atoms with Crippen LogP contribution < -0.4 is 6.15 Å². The maximum atomic E-state index is 12.3. The summed E-state index contributed by atoms with van der Waals surface area (Å²) in [6.45, 7) is 0. The van der Waals surface area contributed by atoms with E-state index in [1.165, 1.54) is 0 Å². The van der Waals surface area contributed by atoms with Crippen molar-refractivity contribution in [1.82, 2.24) is 6.15 Å². The van der Waals surface area contributed by atoms with Crippen molar-refractivity contribution in [2.75, 3.05) is 0 Å². The molecule has 0 aliphatic rings. The second-order valence-electron chi connectivity index (χ2n) is 3.29. The Morgan fingerprint density at radius 2 is 0.429 bits per heavy atom. The molecule has 0 amide bonds. The molecule has 0 rings (SSSR count). The average molecular weight is 352 g/mol. The van der Waals surface area contributed by atoms with Gasteiger partial charge < -0.3 is 0 Å². The summed E-state index contributed by atoms with van der Waals surface area (Å²) in [6.07, 6.45) is -15.0. The fourth-order valence-electron chi connectivity index (χ4n) is 0.750. The largest absolute Gasteiger partial charge is 0.460 e. The molecule has 0 aliphatic heterocycles. The number of rotatable bonds is 3. The molecule has 0 unspecified atom stereocenters. The lowest BCUT2D eigenvalue weighted by atomic mass is 9.98. The summed E-state index contributed by atoms with van der Waals surface area (Å²) in [5.41, 5.74) is 0. The summed E-state index contributed by atoms with van der Waals surface area (Å²) in [5.74, 6) is -31.7. The molecule has 15 heteroatoms. The van der Waals surface area contributed by atoms with Crippen molar-refractivity contribution < 1.29 is 61.5 Å². The lowest BCUT2D eigenvalue weighted by Gasteiger charge is -2.37. The van der Waals surface area contributed by atoms with Crippen LogP contribution in [0.3, 0.4) is 0 Å². The standard InChI is InChI=1S/C6F14.N/c7-1(8,3(11,12)5(15,16)17)2(9,10)4(13,14)6(18,19)20;. The molecule has 0 aromatic rings. The highest BCUT2D eigenvalue weighted by molar-refractivity contribution is 5.08. The summed E-state index contributed by atoms with van der Waals surface area (Å²) < 4.78 is 166. The molecule has 3 radical (unpaired) electrons. The van der Waals surface area contributed by atoms with Crippen molar-refractivity contribution in [3.8, 4) is 0 Å². The van der Waals surface area contributed by atoms with Gasteiger partial charge in [0.15, 0.2) is 0 Å². The van der Waals surface area contributed by atoms with E-state index in [4.69, 9.17) is 0 Å². The molecular formula is C6F14N. The van der Waals surface area contributed by atoms with Gasteiger partial charge in [-0.25, -0.2) is 0 Å². The number of hydrogen-bond acceptors (Lipinski definition) is 0. The van der Waals surface area contributed by atoms with Crippen molar-refractivity contribution in [2.24, 2.45) is 0 Å². The highest BCUT2D eigenvalue weighted by Crippen LogP contribution is 2.60. The van der Waals surface area contributed by atoms with Crippen LogP contribution in [-0.4, -0.2) is 36.0 Å².